The van der Waals surface area contributed by atoms with Crippen LogP contribution in [0, 0.1) is 19.8 Å². The van der Waals surface area contributed by atoms with Crippen LogP contribution in [0.3, 0.4) is 0 Å². The first kappa shape index (κ1) is 39.0. The number of nitrogens with one attached hydrogen (secondary N) is 1. The summed E-state index contributed by atoms with van der Waals surface area (Å²) in [5, 5.41) is 0.809. The van der Waals surface area contributed by atoms with E-state index in [1.807, 2.05) is 38.1 Å². The van der Waals surface area contributed by atoms with Gasteiger partial charge in [0.25, 0.3) is 10.0 Å². The molecule has 0 radical (unpaired) electrons. The van der Waals surface area contributed by atoms with Gasteiger partial charge in [-0.15, -0.1) is 5.73 Å². The van der Waals surface area contributed by atoms with Crippen LogP contribution in [-0.4, -0.2) is 42.3 Å². The number of hydrogen-bond acceptors (Lipinski definition) is 5. The Labute approximate surface area is 302 Å². The molecular weight excluding hydrogens is 737 g/mol. The first-order valence-corrected chi connectivity index (χ1v) is 22.6. The van der Waals surface area contributed by atoms with E-state index in [1.54, 1.807) is 60.8 Å². The fourth-order valence-electron chi connectivity index (χ4n) is 6.78. The fourth-order valence-corrected chi connectivity index (χ4v) is 15.4. The number of hydrogen-bond donors (Lipinski definition) is 1. The molecule has 11 heteroatoms. The van der Waals surface area contributed by atoms with Crippen LogP contribution in [0.2, 0.25) is 16.6 Å². The molecule has 1 heterocycles. The third-order valence-corrected chi connectivity index (χ3v) is 19.2. The average molecular weight is 786 g/mol. The van der Waals surface area contributed by atoms with Crippen LogP contribution in [-0.2, 0) is 30.9 Å². The summed E-state index contributed by atoms with van der Waals surface area (Å²) in [5.41, 5.74) is 7.79. The molecule has 3 aromatic carbocycles. The summed E-state index contributed by atoms with van der Waals surface area (Å²) in [6, 6.07) is 19.2. The summed E-state index contributed by atoms with van der Waals surface area (Å²) in [4.78, 5) is 0.437. The van der Waals surface area contributed by atoms with E-state index in [2.05, 4.69) is 67.9 Å². The summed E-state index contributed by atoms with van der Waals surface area (Å²) in [6.45, 7) is 17.7. The van der Waals surface area contributed by atoms with Crippen LogP contribution < -0.4 is 4.72 Å². The Bertz CT molecular complexity index is 2010. The van der Waals surface area contributed by atoms with Crippen molar-refractivity contribution in [3.05, 3.63) is 112 Å². The van der Waals surface area contributed by atoms with Gasteiger partial charge in [-0.05, 0) is 84.6 Å². The summed E-state index contributed by atoms with van der Waals surface area (Å²) in [6.07, 6.45) is 5.82. The Morgan fingerprint density at radius 3 is 1.94 bits per heavy atom. The van der Waals surface area contributed by atoms with Gasteiger partial charge >= 0.3 is 0 Å². The quantitative estimate of drug-likeness (QED) is 0.0959. The maximum atomic E-state index is 13.7. The van der Waals surface area contributed by atoms with Crippen molar-refractivity contribution in [2.24, 2.45) is 5.92 Å². The molecule has 264 valence electrons. The van der Waals surface area contributed by atoms with E-state index in [0.29, 0.717) is 35.2 Å². The lowest BCUT2D eigenvalue weighted by Gasteiger charge is -2.42. The van der Waals surface area contributed by atoms with E-state index in [4.69, 9.17) is 4.43 Å². The highest BCUT2D eigenvalue weighted by atomic mass is 79.9. The largest absolute Gasteiger partial charge is 0.415 e. The van der Waals surface area contributed by atoms with Gasteiger partial charge in [0.15, 0.2) is 8.32 Å². The third kappa shape index (κ3) is 8.76. The Morgan fingerprint density at radius 1 is 0.837 bits per heavy atom. The zero-order valence-electron chi connectivity index (χ0n) is 29.7. The highest BCUT2D eigenvalue weighted by molar-refractivity contribution is 9.10. The SMILES string of the molecule is Cc1ccc(S(=O)(=O)NC[C@@H](C=C=CCc2cn(S(=O)(=O)c3ccc(C)cc3)c3cccc(Br)c23)CO[Si](C(C)C)(C(C)C)C(C)C)cc1. The Morgan fingerprint density at radius 2 is 1.39 bits per heavy atom. The van der Waals surface area contributed by atoms with Gasteiger partial charge in [-0.25, -0.2) is 25.5 Å². The minimum absolute atomic E-state index is 0.148. The summed E-state index contributed by atoms with van der Waals surface area (Å²) < 4.78 is 65.7. The predicted molar refractivity (Wildman–Crippen MR) is 207 cm³/mol. The van der Waals surface area contributed by atoms with Gasteiger partial charge in [0.2, 0.25) is 10.0 Å². The van der Waals surface area contributed by atoms with E-state index in [0.717, 1.165) is 26.5 Å². The van der Waals surface area contributed by atoms with E-state index in [-0.39, 0.29) is 22.3 Å². The molecule has 49 heavy (non-hydrogen) atoms. The fraction of sp³-hybridized carbons (Fsp3) is 0.395. The maximum Gasteiger partial charge on any atom is 0.268 e. The molecule has 0 unspecified atom stereocenters. The van der Waals surface area contributed by atoms with E-state index < -0.39 is 28.4 Å². The number of sulfonamides is 1. The molecule has 0 fully saturated rings. The van der Waals surface area contributed by atoms with Crippen molar-refractivity contribution in [1.29, 1.82) is 0 Å². The molecule has 0 bridgehead atoms. The van der Waals surface area contributed by atoms with Crippen molar-refractivity contribution in [3.63, 3.8) is 0 Å². The Balaban J connectivity index is 1.66. The lowest BCUT2D eigenvalue weighted by atomic mass is 10.1. The second kappa shape index (κ2) is 16.1. The van der Waals surface area contributed by atoms with Crippen molar-refractivity contribution in [3.8, 4) is 0 Å². The van der Waals surface area contributed by atoms with E-state index in [1.165, 1.54) is 3.97 Å². The molecule has 1 aromatic heterocycles. The first-order chi connectivity index (χ1) is 23.0. The molecule has 4 rings (SSSR count). The second-order valence-corrected chi connectivity index (χ2v) is 23.6. The van der Waals surface area contributed by atoms with E-state index in [9.17, 15) is 16.8 Å². The number of rotatable bonds is 15. The van der Waals surface area contributed by atoms with Crippen molar-refractivity contribution >= 4 is 55.2 Å². The van der Waals surface area contributed by atoms with E-state index >= 15 is 0 Å². The highest BCUT2D eigenvalue weighted by Gasteiger charge is 2.45. The normalized spacial score (nSPS) is 13.3. The van der Waals surface area contributed by atoms with Gasteiger partial charge < -0.3 is 4.43 Å². The van der Waals surface area contributed by atoms with Crippen molar-refractivity contribution < 1.29 is 21.3 Å². The minimum atomic E-state index is -3.84. The zero-order valence-corrected chi connectivity index (χ0v) is 33.9. The van der Waals surface area contributed by atoms with Crippen molar-refractivity contribution in [2.75, 3.05) is 13.2 Å². The Kier molecular flexibility index (Phi) is 12.8. The number of nitrogens with zero attached hydrogens (tertiary/aromatic N) is 1. The van der Waals surface area contributed by atoms with Gasteiger partial charge in [-0.1, -0.05) is 98.9 Å². The van der Waals surface area contributed by atoms with Crippen LogP contribution in [0.25, 0.3) is 10.9 Å². The number of halogens is 1. The Hall–Kier alpha value is -2.76. The summed E-state index contributed by atoms with van der Waals surface area (Å²) >= 11 is 3.63. The maximum absolute atomic E-state index is 13.7. The topological polar surface area (TPSA) is 94.5 Å². The number of aromatic nitrogens is 1. The van der Waals surface area contributed by atoms with Crippen LogP contribution in [0.5, 0.6) is 0 Å². The van der Waals surface area contributed by atoms with Crippen molar-refractivity contribution in [1.82, 2.24) is 8.69 Å². The zero-order chi connectivity index (χ0) is 36.1. The number of benzene rings is 3. The molecule has 0 saturated carbocycles. The predicted octanol–water partition coefficient (Wildman–Crippen LogP) is 9.30. The third-order valence-electron chi connectivity index (χ3n) is 9.29. The van der Waals surface area contributed by atoms with Gasteiger partial charge in [0.05, 0.1) is 15.3 Å². The highest BCUT2D eigenvalue weighted by Crippen LogP contribution is 2.42. The lowest BCUT2D eigenvalue weighted by molar-refractivity contribution is 0.243. The molecule has 4 aromatic rings. The molecule has 0 saturated heterocycles. The molecule has 0 amide bonds. The molecule has 0 aliphatic heterocycles. The monoisotopic (exact) mass is 784 g/mol. The van der Waals surface area contributed by atoms with Gasteiger partial charge in [-0.2, -0.15) is 0 Å². The van der Waals surface area contributed by atoms with Gasteiger partial charge in [-0.3, -0.25) is 0 Å². The molecule has 0 aliphatic carbocycles. The van der Waals surface area contributed by atoms with Crippen molar-refractivity contribution in [2.45, 2.75) is 88.2 Å². The lowest BCUT2D eigenvalue weighted by Crippen LogP contribution is -2.49. The van der Waals surface area contributed by atoms with Crippen LogP contribution in [0.15, 0.2) is 105 Å². The van der Waals surface area contributed by atoms with Crippen LogP contribution >= 0.6 is 15.9 Å². The number of fused-ring (bicyclic) bond motifs is 1. The standard InChI is InChI=1S/C38H49BrN2O5S2Si/c1-27(2)49(28(3)4,29(5)6)46-26-32(24-40-47(42,43)34-20-16-30(7)17-21-34)12-9-10-13-33-25-41(37-15-11-14-36(39)38(33)37)48(44,45)35-22-18-31(8)19-23-35/h10-12,14-23,25,27-29,32,40H,13,24,26H2,1-8H3/t9?,32-/m1/s1. The molecule has 0 aliphatic rings. The molecule has 1 atom stereocenters. The first-order valence-electron chi connectivity index (χ1n) is 16.7. The average Bonchev–Trinajstić information content (AvgIpc) is 3.42. The van der Waals surface area contributed by atoms with Gasteiger partial charge in [0, 0.05) is 41.5 Å². The number of aryl methyl sites for hydroxylation is 2. The van der Waals surface area contributed by atoms with Crippen LogP contribution in [0.4, 0.5) is 0 Å². The van der Waals surface area contributed by atoms with Gasteiger partial charge in [0.1, 0.15) is 0 Å². The smallest absolute Gasteiger partial charge is 0.268 e. The molecule has 0 spiro atoms. The minimum Gasteiger partial charge on any atom is -0.415 e. The second-order valence-electron chi connectivity index (χ2n) is 13.7. The molecule has 1 N–H and O–H groups in total. The summed E-state index contributed by atoms with van der Waals surface area (Å²) in [5.74, 6) is -0.283. The molecule has 7 nitrogen and oxygen atoms in total. The summed E-state index contributed by atoms with van der Waals surface area (Å²) in [7, 11) is -9.79. The molecular formula is C38H49BrN2O5S2Si. The van der Waals surface area contributed by atoms with Crippen LogP contribution in [0.1, 0.15) is 58.2 Å².